The maximum absolute atomic E-state index is 6.05. The molecule has 1 heterocycles. The Morgan fingerprint density at radius 2 is 1.83 bits per heavy atom. The van der Waals surface area contributed by atoms with Crippen molar-refractivity contribution >= 4 is 29.9 Å². The van der Waals surface area contributed by atoms with Crippen LogP contribution in [0.5, 0.6) is 0 Å². The normalized spacial score (nSPS) is 18.6. The van der Waals surface area contributed by atoms with Gasteiger partial charge < -0.3 is 20.1 Å². The first-order valence-corrected chi connectivity index (χ1v) is 11.5. The minimum absolute atomic E-state index is 0. The minimum Gasteiger partial charge on any atom is -0.381 e. The maximum atomic E-state index is 6.05. The fraction of sp³-hybridized carbons (Fsp3) is 0.708. The zero-order valence-corrected chi connectivity index (χ0v) is 20.9. The number of nitrogens with one attached hydrogen (secondary N) is 2. The van der Waals surface area contributed by atoms with Gasteiger partial charge in [-0.1, -0.05) is 56.4 Å². The van der Waals surface area contributed by atoms with Crippen molar-refractivity contribution in [1.29, 1.82) is 0 Å². The molecule has 1 saturated carbocycles. The molecule has 1 aromatic carbocycles. The molecule has 0 spiro atoms. The van der Waals surface area contributed by atoms with E-state index >= 15 is 0 Å². The van der Waals surface area contributed by atoms with Crippen molar-refractivity contribution in [2.24, 2.45) is 10.9 Å². The summed E-state index contributed by atoms with van der Waals surface area (Å²) in [5.74, 6) is 1.84. The molecule has 1 aliphatic carbocycles. The third kappa shape index (κ3) is 9.52. The van der Waals surface area contributed by atoms with E-state index in [2.05, 4.69) is 39.9 Å². The third-order valence-electron chi connectivity index (χ3n) is 6.14. The SMILES string of the molecule is CN=C(NCCCC1CCCCC1)NCc1cccc(COC2CCOCC2)c1.I. The van der Waals surface area contributed by atoms with Crippen molar-refractivity contribution in [2.45, 2.75) is 77.0 Å². The fourth-order valence-electron chi connectivity index (χ4n) is 4.37. The molecule has 6 heteroatoms. The summed E-state index contributed by atoms with van der Waals surface area (Å²) >= 11 is 0. The molecule has 170 valence electrons. The number of guanidine groups is 1. The molecule has 0 amide bonds. The zero-order chi connectivity index (χ0) is 20.2. The molecular weight excluding hydrogens is 489 g/mol. The lowest BCUT2D eigenvalue weighted by atomic mass is 9.86. The van der Waals surface area contributed by atoms with E-state index in [1.54, 1.807) is 0 Å². The first kappa shape index (κ1) is 25.4. The van der Waals surface area contributed by atoms with Gasteiger partial charge in [0.15, 0.2) is 5.96 Å². The molecule has 2 aliphatic rings. The molecule has 3 rings (SSSR count). The van der Waals surface area contributed by atoms with Crippen LogP contribution >= 0.6 is 24.0 Å². The molecule has 30 heavy (non-hydrogen) atoms. The smallest absolute Gasteiger partial charge is 0.191 e. The summed E-state index contributed by atoms with van der Waals surface area (Å²) in [5, 5.41) is 6.90. The van der Waals surface area contributed by atoms with Gasteiger partial charge in [-0.15, -0.1) is 24.0 Å². The van der Waals surface area contributed by atoms with Crippen molar-refractivity contribution in [3.05, 3.63) is 35.4 Å². The molecule has 2 N–H and O–H groups in total. The van der Waals surface area contributed by atoms with Gasteiger partial charge in [-0.2, -0.15) is 0 Å². The van der Waals surface area contributed by atoms with Crippen LogP contribution in [0.2, 0.25) is 0 Å². The van der Waals surface area contributed by atoms with Crippen LogP contribution in [0, 0.1) is 5.92 Å². The lowest BCUT2D eigenvalue weighted by Crippen LogP contribution is -2.37. The summed E-state index contributed by atoms with van der Waals surface area (Å²) in [6.45, 7) is 4.08. The van der Waals surface area contributed by atoms with E-state index in [4.69, 9.17) is 9.47 Å². The van der Waals surface area contributed by atoms with Crippen molar-refractivity contribution in [2.75, 3.05) is 26.8 Å². The van der Waals surface area contributed by atoms with Crippen molar-refractivity contribution in [3.8, 4) is 0 Å². The highest BCUT2D eigenvalue weighted by atomic mass is 127. The predicted molar refractivity (Wildman–Crippen MR) is 134 cm³/mol. The average Bonchev–Trinajstić information content (AvgIpc) is 2.79. The molecule has 1 saturated heterocycles. The van der Waals surface area contributed by atoms with Gasteiger partial charge in [-0.25, -0.2) is 0 Å². The van der Waals surface area contributed by atoms with Crippen LogP contribution in [0.4, 0.5) is 0 Å². The highest BCUT2D eigenvalue weighted by molar-refractivity contribution is 14.0. The van der Waals surface area contributed by atoms with Gasteiger partial charge in [0, 0.05) is 33.4 Å². The Morgan fingerprint density at radius 3 is 2.60 bits per heavy atom. The molecule has 1 aromatic rings. The molecule has 2 fully saturated rings. The van der Waals surface area contributed by atoms with E-state index in [1.807, 2.05) is 7.05 Å². The van der Waals surface area contributed by atoms with E-state index < -0.39 is 0 Å². The van der Waals surface area contributed by atoms with Crippen LogP contribution in [-0.2, 0) is 22.6 Å². The minimum atomic E-state index is 0. The number of hydrogen-bond donors (Lipinski definition) is 2. The Bertz CT molecular complexity index is 614. The number of halogens is 1. The second kappa shape index (κ2) is 15.0. The summed E-state index contributed by atoms with van der Waals surface area (Å²) < 4.78 is 11.4. The molecule has 0 atom stereocenters. The molecule has 0 bridgehead atoms. The molecule has 0 radical (unpaired) electrons. The first-order chi connectivity index (χ1) is 14.3. The van der Waals surface area contributed by atoms with Crippen LogP contribution in [0.3, 0.4) is 0 Å². The van der Waals surface area contributed by atoms with Crippen molar-refractivity contribution < 1.29 is 9.47 Å². The standard InChI is InChI=1S/C24H39N3O2.HI/c1-25-24(26-14-6-11-20-7-3-2-4-8-20)27-18-21-9-5-10-22(17-21)19-29-23-12-15-28-16-13-23;/h5,9-10,17,20,23H,2-4,6-8,11-16,18-19H2,1H3,(H2,25,26,27);1H. The summed E-state index contributed by atoms with van der Waals surface area (Å²) in [5.41, 5.74) is 2.48. The average molecular weight is 530 g/mol. The van der Waals surface area contributed by atoms with Gasteiger partial charge in [0.05, 0.1) is 12.7 Å². The second-order valence-corrected chi connectivity index (χ2v) is 8.44. The highest BCUT2D eigenvalue weighted by Crippen LogP contribution is 2.26. The van der Waals surface area contributed by atoms with E-state index in [9.17, 15) is 0 Å². The lowest BCUT2D eigenvalue weighted by molar-refractivity contribution is -0.0390. The number of aliphatic imine (C=N–C) groups is 1. The van der Waals surface area contributed by atoms with Crippen LogP contribution < -0.4 is 10.6 Å². The topological polar surface area (TPSA) is 54.9 Å². The van der Waals surface area contributed by atoms with Crippen LogP contribution in [0.1, 0.15) is 68.9 Å². The Kier molecular flexibility index (Phi) is 12.7. The van der Waals surface area contributed by atoms with E-state index in [0.29, 0.717) is 12.7 Å². The van der Waals surface area contributed by atoms with Gasteiger partial charge in [-0.05, 0) is 42.7 Å². The van der Waals surface area contributed by atoms with Crippen LogP contribution in [-0.4, -0.2) is 38.9 Å². The summed E-state index contributed by atoms with van der Waals surface area (Å²) in [6, 6.07) is 8.63. The first-order valence-electron chi connectivity index (χ1n) is 11.5. The van der Waals surface area contributed by atoms with Crippen LogP contribution in [0.25, 0.3) is 0 Å². The zero-order valence-electron chi connectivity index (χ0n) is 18.5. The number of rotatable bonds is 9. The van der Waals surface area contributed by atoms with E-state index in [-0.39, 0.29) is 24.0 Å². The number of nitrogens with zero attached hydrogens (tertiary/aromatic N) is 1. The molecular formula is C24H40IN3O2. The van der Waals surface area contributed by atoms with Gasteiger partial charge >= 0.3 is 0 Å². The third-order valence-corrected chi connectivity index (χ3v) is 6.14. The molecule has 1 aliphatic heterocycles. The number of ether oxygens (including phenoxy) is 2. The van der Waals surface area contributed by atoms with Crippen molar-refractivity contribution in [1.82, 2.24) is 10.6 Å². The highest BCUT2D eigenvalue weighted by Gasteiger charge is 2.14. The second-order valence-electron chi connectivity index (χ2n) is 8.44. The monoisotopic (exact) mass is 529 g/mol. The van der Waals surface area contributed by atoms with E-state index in [1.165, 1.54) is 56.1 Å². The summed E-state index contributed by atoms with van der Waals surface area (Å²) in [4.78, 5) is 4.37. The molecule has 0 unspecified atom stereocenters. The van der Waals surface area contributed by atoms with Gasteiger partial charge in [-0.3, -0.25) is 4.99 Å². The summed E-state index contributed by atoms with van der Waals surface area (Å²) in [7, 11) is 1.84. The Labute approximate surface area is 199 Å². The summed E-state index contributed by atoms with van der Waals surface area (Å²) in [6.07, 6.45) is 12.1. The fourth-order valence-corrected chi connectivity index (χ4v) is 4.37. The Balaban J connectivity index is 0.00000320. The van der Waals surface area contributed by atoms with Gasteiger partial charge in [0.1, 0.15) is 0 Å². The number of benzene rings is 1. The predicted octanol–water partition coefficient (Wildman–Crippen LogP) is 5.03. The number of hydrogen-bond acceptors (Lipinski definition) is 3. The van der Waals surface area contributed by atoms with Gasteiger partial charge in [0.2, 0.25) is 0 Å². The lowest BCUT2D eigenvalue weighted by Gasteiger charge is -2.22. The van der Waals surface area contributed by atoms with Gasteiger partial charge in [0.25, 0.3) is 0 Å². The largest absolute Gasteiger partial charge is 0.381 e. The Hall–Kier alpha value is -0.860. The quantitative estimate of drug-likeness (QED) is 0.204. The van der Waals surface area contributed by atoms with Crippen molar-refractivity contribution in [3.63, 3.8) is 0 Å². The molecule has 0 aromatic heterocycles. The maximum Gasteiger partial charge on any atom is 0.191 e. The van der Waals surface area contributed by atoms with Crippen LogP contribution in [0.15, 0.2) is 29.3 Å². The van der Waals surface area contributed by atoms with E-state index in [0.717, 1.165) is 51.0 Å². The Morgan fingerprint density at radius 1 is 1.07 bits per heavy atom. The molecule has 5 nitrogen and oxygen atoms in total.